The summed E-state index contributed by atoms with van der Waals surface area (Å²) in [6, 6.07) is 0. The molecular weight excluding hydrogens is 228 g/mol. The van der Waals surface area contributed by atoms with Gasteiger partial charge in [-0.05, 0) is 32.0 Å². The Bertz CT molecular complexity index is 139. The largest absolute Gasteiger partial charge is 0.476 e. The zero-order valence-corrected chi connectivity index (χ0v) is 11.7. The highest BCUT2D eigenvalue weighted by molar-refractivity contribution is 8.10. The number of hydrogen-bond acceptors (Lipinski definition) is 3. The van der Waals surface area contributed by atoms with Crippen LogP contribution in [0.4, 0.5) is 0 Å². The lowest BCUT2D eigenvalue weighted by molar-refractivity contribution is 0.207. The van der Waals surface area contributed by atoms with E-state index in [1.807, 2.05) is 6.92 Å². The monoisotopic (exact) mass is 252 g/mol. The zero-order valence-electron chi connectivity index (χ0n) is 10.0. The van der Waals surface area contributed by atoms with Gasteiger partial charge in [0.15, 0.2) is 0 Å². The minimum absolute atomic E-state index is 0.227. The summed E-state index contributed by atoms with van der Waals surface area (Å²) in [5, 5.41) is 8.07. The van der Waals surface area contributed by atoms with Crippen molar-refractivity contribution in [3.05, 3.63) is 0 Å². The molecular formula is C11H24O2S2. The second-order valence-corrected chi connectivity index (χ2v) is 4.49. The Morgan fingerprint density at radius 3 is 2.13 bits per heavy atom. The minimum atomic E-state index is 0.227. The van der Waals surface area contributed by atoms with Crippen LogP contribution in [0.25, 0.3) is 0 Å². The molecule has 0 aliphatic rings. The molecule has 0 rings (SSSR count). The molecule has 92 valence electrons. The van der Waals surface area contributed by atoms with Crippen molar-refractivity contribution < 1.29 is 9.84 Å². The molecule has 1 unspecified atom stereocenters. The van der Waals surface area contributed by atoms with E-state index in [2.05, 4.69) is 38.7 Å². The molecule has 1 atom stereocenters. The van der Waals surface area contributed by atoms with Gasteiger partial charge in [0.1, 0.15) is 0 Å². The molecule has 0 spiro atoms. The van der Waals surface area contributed by atoms with E-state index in [1.165, 1.54) is 12.8 Å². The lowest BCUT2D eigenvalue weighted by Gasteiger charge is -2.11. The molecule has 0 aromatic carbocycles. The smallest absolute Gasteiger partial charge is 0.217 e. The van der Waals surface area contributed by atoms with E-state index in [1.54, 1.807) is 0 Å². The maximum Gasteiger partial charge on any atom is 0.217 e. The third kappa shape index (κ3) is 20.3. The fraction of sp³-hybridized carbons (Fsp3) is 0.909. The van der Waals surface area contributed by atoms with Crippen molar-refractivity contribution in [1.29, 1.82) is 0 Å². The van der Waals surface area contributed by atoms with Crippen LogP contribution in [0.15, 0.2) is 0 Å². The molecule has 0 amide bonds. The van der Waals surface area contributed by atoms with Gasteiger partial charge in [0, 0.05) is 6.61 Å². The molecule has 0 radical (unpaired) electrons. The Hall–Kier alpha value is 0.200. The molecule has 0 aliphatic heterocycles. The second kappa shape index (κ2) is 14.2. The van der Waals surface area contributed by atoms with E-state index in [4.69, 9.17) is 9.84 Å². The van der Waals surface area contributed by atoms with Crippen LogP contribution in [-0.2, 0) is 4.74 Å². The highest BCUT2D eigenvalue weighted by Gasteiger charge is 2.01. The maximum atomic E-state index is 8.07. The van der Waals surface area contributed by atoms with Gasteiger partial charge in [-0.25, -0.2) is 0 Å². The summed E-state index contributed by atoms with van der Waals surface area (Å²) in [4.78, 5) is 0. The van der Waals surface area contributed by atoms with Gasteiger partial charge >= 0.3 is 0 Å². The highest BCUT2D eigenvalue weighted by atomic mass is 32.1. The average molecular weight is 252 g/mol. The van der Waals surface area contributed by atoms with Crippen molar-refractivity contribution in [2.24, 2.45) is 0 Å². The number of rotatable bonds is 6. The van der Waals surface area contributed by atoms with E-state index >= 15 is 0 Å². The number of aliphatic hydroxyl groups is 1. The predicted octanol–water partition coefficient (Wildman–Crippen LogP) is 3.58. The molecule has 0 fully saturated rings. The Morgan fingerprint density at radius 1 is 1.33 bits per heavy atom. The number of thiol groups is 1. The molecule has 2 nitrogen and oxygen atoms in total. The Labute approximate surface area is 105 Å². The number of ether oxygens (including phenoxy) is 1. The normalized spacial score (nSPS) is 11.3. The van der Waals surface area contributed by atoms with Crippen LogP contribution in [0, 0.1) is 0 Å². The summed E-state index contributed by atoms with van der Waals surface area (Å²) in [7, 11) is 0. The maximum absolute atomic E-state index is 8.07. The summed E-state index contributed by atoms with van der Waals surface area (Å²) in [5.41, 5.74) is 0. The van der Waals surface area contributed by atoms with E-state index in [-0.39, 0.29) is 6.10 Å². The first kappa shape index (κ1) is 17.6. The van der Waals surface area contributed by atoms with Crippen LogP contribution in [0.5, 0.6) is 0 Å². The van der Waals surface area contributed by atoms with E-state index < -0.39 is 0 Å². The van der Waals surface area contributed by atoms with Gasteiger partial charge in [-0.3, -0.25) is 0 Å². The minimum Gasteiger partial charge on any atom is -0.476 e. The van der Waals surface area contributed by atoms with Crippen LogP contribution >= 0.6 is 24.8 Å². The van der Waals surface area contributed by atoms with E-state index in [9.17, 15) is 0 Å². The molecule has 0 heterocycles. The van der Waals surface area contributed by atoms with Crippen LogP contribution in [0.1, 0.15) is 52.9 Å². The fourth-order valence-corrected chi connectivity index (χ4v) is 1.22. The Morgan fingerprint density at radius 2 is 1.87 bits per heavy atom. The van der Waals surface area contributed by atoms with Gasteiger partial charge in [0.25, 0.3) is 0 Å². The van der Waals surface area contributed by atoms with Gasteiger partial charge in [0.2, 0.25) is 4.38 Å². The first-order valence-electron chi connectivity index (χ1n) is 5.58. The zero-order chi connectivity index (χ0) is 12.1. The van der Waals surface area contributed by atoms with Crippen molar-refractivity contribution in [3.63, 3.8) is 0 Å². The third-order valence-corrected chi connectivity index (χ3v) is 1.98. The number of hydrogen-bond donors (Lipinski definition) is 2. The van der Waals surface area contributed by atoms with Gasteiger partial charge in [-0.1, -0.05) is 45.7 Å². The first-order chi connectivity index (χ1) is 7.08. The summed E-state index contributed by atoms with van der Waals surface area (Å²) in [5.74, 6) is 0. The third-order valence-electron chi connectivity index (χ3n) is 1.78. The average Bonchev–Trinajstić information content (AvgIpc) is 2.16. The number of unbranched alkanes of at least 4 members (excludes halogenated alkanes) is 2. The van der Waals surface area contributed by atoms with Crippen molar-refractivity contribution in [1.82, 2.24) is 0 Å². The molecule has 4 heteroatoms. The Kier molecular flexibility index (Phi) is 16.7. The lowest BCUT2D eigenvalue weighted by Crippen LogP contribution is -2.08. The van der Waals surface area contributed by atoms with Gasteiger partial charge in [0.05, 0.1) is 6.10 Å². The van der Waals surface area contributed by atoms with Gasteiger partial charge in [-0.15, -0.1) is 0 Å². The molecule has 0 aliphatic carbocycles. The molecule has 0 aromatic heterocycles. The van der Waals surface area contributed by atoms with Crippen LogP contribution in [0.2, 0.25) is 0 Å². The van der Waals surface area contributed by atoms with E-state index in [0.717, 1.165) is 19.3 Å². The predicted molar refractivity (Wildman–Crippen MR) is 73.6 cm³/mol. The van der Waals surface area contributed by atoms with Crippen molar-refractivity contribution in [2.75, 3.05) is 6.61 Å². The fourth-order valence-electron chi connectivity index (χ4n) is 0.881. The molecule has 1 N–H and O–H groups in total. The lowest BCUT2D eigenvalue weighted by atomic mass is 10.2. The molecule has 0 saturated carbocycles. The van der Waals surface area contributed by atoms with Crippen molar-refractivity contribution in [3.8, 4) is 0 Å². The second-order valence-electron chi connectivity index (χ2n) is 3.41. The van der Waals surface area contributed by atoms with Crippen LogP contribution in [0.3, 0.4) is 0 Å². The summed E-state index contributed by atoms with van der Waals surface area (Å²) >= 11 is 8.53. The van der Waals surface area contributed by atoms with E-state index in [0.29, 0.717) is 11.0 Å². The number of aliphatic hydroxyl groups excluding tert-OH is 1. The SMILES string of the molecule is CCCCC(C)OC(=S)S.CCCCO. The summed E-state index contributed by atoms with van der Waals surface area (Å²) in [6.07, 6.45) is 5.73. The van der Waals surface area contributed by atoms with Crippen molar-refractivity contribution >= 4 is 29.2 Å². The topological polar surface area (TPSA) is 29.5 Å². The van der Waals surface area contributed by atoms with Gasteiger partial charge < -0.3 is 9.84 Å². The standard InChI is InChI=1S/C7H14OS2.C4H10O/c1-3-4-5-6(2)8-7(9)10;1-2-3-4-5/h6H,3-5H2,1-2H3,(H,9,10);5H,2-4H2,1H3. The highest BCUT2D eigenvalue weighted by Crippen LogP contribution is 2.05. The van der Waals surface area contributed by atoms with Gasteiger partial charge in [-0.2, -0.15) is 0 Å². The molecule has 0 bridgehead atoms. The molecule has 0 aromatic rings. The number of thiocarbonyl (C=S) groups is 1. The quantitative estimate of drug-likeness (QED) is 0.559. The van der Waals surface area contributed by atoms with Crippen LogP contribution in [-0.4, -0.2) is 22.2 Å². The summed E-state index contributed by atoms with van der Waals surface area (Å²) < 4.78 is 5.50. The Balaban J connectivity index is 0. The van der Waals surface area contributed by atoms with Crippen molar-refractivity contribution in [2.45, 2.75) is 59.0 Å². The first-order valence-corrected chi connectivity index (χ1v) is 6.44. The molecule has 15 heavy (non-hydrogen) atoms. The summed E-state index contributed by atoms with van der Waals surface area (Å²) in [6.45, 7) is 6.57. The molecule has 0 saturated heterocycles. The van der Waals surface area contributed by atoms with Crippen LogP contribution < -0.4 is 0 Å².